The number of morpholine rings is 1. The Kier molecular flexibility index (Phi) is 3.74. The first-order chi connectivity index (χ1) is 10.2. The molecule has 0 aliphatic carbocycles. The van der Waals surface area contributed by atoms with Crippen molar-refractivity contribution < 1.29 is 9.53 Å². The molecule has 112 valence electrons. The minimum atomic E-state index is -0.297. The first-order valence-corrected chi connectivity index (χ1v) is 7.06. The Bertz CT molecular complexity index is 648. The number of carbonyl (C=O) groups is 1. The molecule has 1 atom stereocenters. The minimum Gasteiger partial charge on any atom is -0.378 e. The van der Waals surface area contributed by atoms with E-state index < -0.39 is 0 Å². The van der Waals surface area contributed by atoms with Crippen molar-refractivity contribution >= 4 is 22.6 Å². The lowest BCUT2D eigenvalue weighted by molar-refractivity contribution is -0.135. The summed E-state index contributed by atoms with van der Waals surface area (Å²) in [6.07, 6.45) is 3.48. The highest BCUT2D eigenvalue weighted by Gasteiger charge is 2.22. The number of rotatable bonds is 3. The molecule has 7 nitrogen and oxygen atoms in total. The Morgan fingerprint density at radius 3 is 2.95 bits per heavy atom. The molecule has 0 aromatic carbocycles. The Balaban J connectivity index is 1.76. The van der Waals surface area contributed by atoms with Crippen molar-refractivity contribution in [2.75, 3.05) is 31.6 Å². The maximum Gasteiger partial charge on any atom is 0.244 e. The van der Waals surface area contributed by atoms with Crippen LogP contribution in [0.3, 0.4) is 0 Å². The van der Waals surface area contributed by atoms with Crippen molar-refractivity contribution in [1.82, 2.24) is 19.7 Å². The molecule has 0 spiro atoms. The van der Waals surface area contributed by atoms with Crippen molar-refractivity contribution in [2.45, 2.75) is 13.0 Å². The Hall–Kier alpha value is -2.15. The van der Waals surface area contributed by atoms with Crippen LogP contribution in [0, 0.1) is 0 Å². The second-order valence-electron chi connectivity index (χ2n) is 5.17. The number of pyridine rings is 1. The van der Waals surface area contributed by atoms with Crippen LogP contribution in [0.5, 0.6) is 0 Å². The minimum absolute atomic E-state index is 0.0900. The van der Waals surface area contributed by atoms with Crippen LogP contribution >= 0.6 is 0 Å². The third kappa shape index (κ3) is 2.69. The van der Waals surface area contributed by atoms with Gasteiger partial charge in [0.05, 0.1) is 24.8 Å². The summed E-state index contributed by atoms with van der Waals surface area (Å²) in [6, 6.07) is 1.57. The molecule has 0 saturated carbocycles. The first-order valence-electron chi connectivity index (χ1n) is 7.06. The average molecular weight is 289 g/mol. The van der Waals surface area contributed by atoms with Gasteiger partial charge in [-0.25, -0.2) is 4.98 Å². The van der Waals surface area contributed by atoms with Crippen molar-refractivity contribution in [2.24, 2.45) is 7.05 Å². The van der Waals surface area contributed by atoms with E-state index in [-0.39, 0.29) is 11.9 Å². The van der Waals surface area contributed by atoms with Gasteiger partial charge in [-0.15, -0.1) is 0 Å². The number of amides is 1. The second kappa shape index (κ2) is 5.69. The molecule has 0 radical (unpaired) electrons. The number of hydrogen-bond donors (Lipinski definition) is 1. The predicted molar refractivity (Wildman–Crippen MR) is 79.0 cm³/mol. The van der Waals surface area contributed by atoms with Gasteiger partial charge in [-0.2, -0.15) is 5.10 Å². The van der Waals surface area contributed by atoms with Gasteiger partial charge < -0.3 is 15.0 Å². The van der Waals surface area contributed by atoms with Gasteiger partial charge in [-0.1, -0.05) is 0 Å². The molecule has 1 aliphatic heterocycles. The van der Waals surface area contributed by atoms with E-state index in [1.807, 2.05) is 24.9 Å². The molecular formula is C14H19N5O2. The van der Waals surface area contributed by atoms with Gasteiger partial charge in [0.2, 0.25) is 5.91 Å². The SMILES string of the molecule is CC(Nc1ccnc2c1cnn2C)C(=O)N1CCOCC1. The topological polar surface area (TPSA) is 72.3 Å². The highest BCUT2D eigenvalue weighted by Crippen LogP contribution is 2.21. The molecular weight excluding hydrogens is 270 g/mol. The van der Waals surface area contributed by atoms with Crippen LogP contribution in [0.4, 0.5) is 5.69 Å². The number of aryl methyl sites for hydroxylation is 1. The first kappa shape index (κ1) is 13.8. The Morgan fingerprint density at radius 1 is 1.43 bits per heavy atom. The van der Waals surface area contributed by atoms with Crippen molar-refractivity contribution in [3.05, 3.63) is 18.5 Å². The second-order valence-corrected chi connectivity index (χ2v) is 5.17. The van der Waals surface area contributed by atoms with Gasteiger partial charge in [0.1, 0.15) is 6.04 Å². The summed E-state index contributed by atoms with van der Waals surface area (Å²) in [7, 11) is 1.85. The number of nitrogens with one attached hydrogen (secondary N) is 1. The summed E-state index contributed by atoms with van der Waals surface area (Å²) in [4.78, 5) is 18.5. The lowest BCUT2D eigenvalue weighted by atomic mass is 10.2. The van der Waals surface area contributed by atoms with Gasteiger partial charge in [0.25, 0.3) is 0 Å². The number of aromatic nitrogens is 3. The number of hydrogen-bond acceptors (Lipinski definition) is 5. The molecule has 2 aromatic rings. The number of carbonyl (C=O) groups excluding carboxylic acids is 1. The maximum absolute atomic E-state index is 12.4. The van der Waals surface area contributed by atoms with E-state index in [0.717, 1.165) is 16.7 Å². The van der Waals surface area contributed by atoms with Crippen LogP contribution < -0.4 is 5.32 Å². The zero-order chi connectivity index (χ0) is 14.8. The summed E-state index contributed by atoms with van der Waals surface area (Å²) < 4.78 is 6.99. The third-order valence-corrected chi connectivity index (χ3v) is 3.70. The Morgan fingerprint density at radius 2 is 2.19 bits per heavy atom. The molecule has 0 bridgehead atoms. The average Bonchev–Trinajstić information content (AvgIpc) is 2.90. The molecule has 1 amide bonds. The highest BCUT2D eigenvalue weighted by atomic mass is 16.5. The molecule has 1 fully saturated rings. The molecule has 2 aromatic heterocycles. The fourth-order valence-corrected chi connectivity index (χ4v) is 2.52. The summed E-state index contributed by atoms with van der Waals surface area (Å²) in [6.45, 7) is 4.41. The summed E-state index contributed by atoms with van der Waals surface area (Å²) >= 11 is 0. The van der Waals surface area contributed by atoms with Gasteiger partial charge in [-0.3, -0.25) is 9.48 Å². The summed E-state index contributed by atoms with van der Waals surface area (Å²) in [5, 5.41) is 8.39. The van der Waals surface area contributed by atoms with Crippen LogP contribution in [0.1, 0.15) is 6.92 Å². The molecule has 3 heterocycles. The number of fused-ring (bicyclic) bond motifs is 1. The van der Waals surface area contributed by atoms with E-state index in [1.54, 1.807) is 17.1 Å². The number of ether oxygens (including phenoxy) is 1. The van der Waals surface area contributed by atoms with Crippen molar-refractivity contribution in [3.8, 4) is 0 Å². The number of nitrogens with zero attached hydrogens (tertiary/aromatic N) is 4. The molecule has 3 rings (SSSR count). The van der Waals surface area contributed by atoms with E-state index in [1.165, 1.54) is 0 Å². The number of anilines is 1. The quantitative estimate of drug-likeness (QED) is 0.897. The molecule has 1 unspecified atom stereocenters. The zero-order valence-electron chi connectivity index (χ0n) is 12.2. The molecule has 1 saturated heterocycles. The van der Waals surface area contributed by atoms with Crippen LogP contribution in [0.25, 0.3) is 11.0 Å². The van der Waals surface area contributed by atoms with E-state index in [0.29, 0.717) is 26.3 Å². The van der Waals surface area contributed by atoms with Gasteiger partial charge in [-0.05, 0) is 13.0 Å². The fraction of sp³-hybridized carbons (Fsp3) is 0.500. The van der Waals surface area contributed by atoms with Gasteiger partial charge >= 0.3 is 0 Å². The molecule has 1 aliphatic rings. The Labute approximate surface area is 122 Å². The zero-order valence-corrected chi connectivity index (χ0v) is 12.2. The van der Waals surface area contributed by atoms with E-state index in [9.17, 15) is 4.79 Å². The van der Waals surface area contributed by atoms with Gasteiger partial charge in [0, 0.05) is 32.0 Å². The van der Waals surface area contributed by atoms with Crippen LogP contribution in [0.15, 0.2) is 18.5 Å². The maximum atomic E-state index is 12.4. The third-order valence-electron chi connectivity index (χ3n) is 3.70. The van der Waals surface area contributed by atoms with E-state index in [2.05, 4.69) is 15.4 Å². The summed E-state index contributed by atoms with van der Waals surface area (Å²) in [5.74, 6) is 0.0900. The largest absolute Gasteiger partial charge is 0.378 e. The molecule has 1 N–H and O–H groups in total. The van der Waals surface area contributed by atoms with Gasteiger partial charge in [0.15, 0.2) is 5.65 Å². The standard InChI is InChI=1S/C14H19N5O2/c1-10(14(20)19-5-7-21-8-6-19)17-12-3-4-15-13-11(12)9-16-18(13)2/h3-4,9-10H,5-8H2,1-2H3,(H,15,17). The van der Waals surface area contributed by atoms with Crippen LogP contribution in [-0.2, 0) is 16.6 Å². The van der Waals surface area contributed by atoms with Crippen LogP contribution in [0.2, 0.25) is 0 Å². The van der Waals surface area contributed by atoms with E-state index in [4.69, 9.17) is 4.74 Å². The smallest absolute Gasteiger partial charge is 0.244 e. The predicted octanol–water partition coefficient (Wildman–Crippen LogP) is 0.627. The lowest BCUT2D eigenvalue weighted by Crippen LogP contribution is -2.47. The van der Waals surface area contributed by atoms with Crippen molar-refractivity contribution in [3.63, 3.8) is 0 Å². The normalized spacial score (nSPS) is 17.0. The lowest BCUT2D eigenvalue weighted by Gasteiger charge is -2.29. The van der Waals surface area contributed by atoms with E-state index >= 15 is 0 Å². The van der Waals surface area contributed by atoms with Crippen LogP contribution in [-0.4, -0.2) is 57.9 Å². The molecule has 21 heavy (non-hydrogen) atoms. The molecule has 7 heteroatoms. The summed E-state index contributed by atoms with van der Waals surface area (Å²) in [5.41, 5.74) is 1.67. The monoisotopic (exact) mass is 289 g/mol. The fourth-order valence-electron chi connectivity index (χ4n) is 2.52. The van der Waals surface area contributed by atoms with Crippen molar-refractivity contribution in [1.29, 1.82) is 0 Å². The highest BCUT2D eigenvalue weighted by molar-refractivity contribution is 5.92.